The first kappa shape index (κ1) is 7.75. The lowest BCUT2D eigenvalue weighted by molar-refractivity contribution is 1.65. The van der Waals surface area contributed by atoms with Gasteiger partial charge in [-0.25, -0.2) is 0 Å². The molecule has 0 aromatic heterocycles. The lowest BCUT2D eigenvalue weighted by Gasteiger charge is -1.95. The Kier molecular flexibility index (Phi) is 2.72. The summed E-state index contributed by atoms with van der Waals surface area (Å²) in [4.78, 5) is 0. The summed E-state index contributed by atoms with van der Waals surface area (Å²) in [7, 11) is 3.43. The van der Waals surface area contributed by atoms with E-state index in [4.69, 9.17) is 0 Å². The molecule has 0 unspecified atom stereocenters. The molecule has 1 aromatic carbocycles. The predicted molar refractivity (Wildman–Crippen MR) is 52.2 cm³/mol. The van der Waals surface area contributed by atoms with Crippen molar-refractivity contribution in [2.75, 3.05) is 0 Å². The van der Waals surface area contributed by atoms with Crippen molar-refractivity contribution in [3.8, 4) is 0 Å². The van der Waals surface area contributed by atoms with E-state index in [-0.39, 0.29) is 0 Å². The second-order valence-electron chi connectivity index (χ2n) is 1.62. The summed E-state index contributed by atoms with van der Waals surface area (Å²) in [6.45, 7) is 0. The summed E-state index contributed by atoms with van der Waals surface area (Å²) in [6.07, 6.45) is 0. The Labute approximate surface area is 79.7 Å². The molecule has 3 radical (unpaired) electrons. The van der Waals surface area contributed by atoms with Crippen molar-refractivity contribution in [2.24, 2.45) is 0 Å². The molecule has 1 rings (SSSR count). The standard InChI is InChI=1S/C6H3BrISi/c7-5-3-4(8)1-2-6(5)9/h1-3H. The van der Waals surface area contributed by atoms with Crippen LogP contribution >= 0.6 is 38.5 Å². The van der Waals surface area contributed by atoms with E-state index in [0.717, 1.165) is 9.66 Å². The number of hydrogen-bond acceptors (Lipinski definition) is 0. The van der Waals surface area contributed by atoms with Gasteiger partial charge in [-0.1, -0.05) is 27.2 Å². The zero-order valence-corrected chi connectivity index (χ0v) is 9.23. The molecular weight excluding hydrogens is 307 g/mol. The van der Waals surface area contributed by atoms with Crippen LogP contribution < -0.4 is 5.19 Å². The van der Waals surface area contributed by atoms with Crippen LogP contribution in [-0.2, 0) is 0 Å². The highest BCUT2D eigenvalue weighted by atomic mass is 127. The fourth-order valence-corrected chi connectivity index (χ4v) is 1.94. The van der Waals surface area contributed by atoms with E-state index < -0.39 is 0 Å². The monoisotopic (exact) mass is 309 g/mol. The van der Waals surface area contributed by atoms with Gasteiger partial charge >= 0.3 is 0 Å². The third kappa shape index (κ3) is 2.05. The van der Waals surface area contributed by atoms with E-state index >= 15 is 0 Å². The molecule has 0 aliphatic rings. The van der Waals surface area contributed by atoms with Crippen LogP contribution in [0.15, 0.2) is 22.7 Å². The molecule has 1 aromatic rings. The molecule has 0 heterocycles. The van der Waals surface area contributed by atoms with Gasteiger partial charge in [0.2, 0.25) is 0 Å². The van der Waals surface area contributed by atoms with E-state index in [1.54, 1.807) is 0 Å². The molecule has 45 valence electrons. The van der Waals surface area contributed by atoms with Crippen LogP contribution in [0.4, 0.5) is 0 Å². The van der Waals surface area contributed by atoms with E-state index in [0.29, 0.717) is 0 Å². The molecule has 0 bridgehead atoms. The van der Waals surface area contributed by atoms with Crippen LogP contribution in [0.3, 0.4) is 0 Å². The van der Waals surface area contributed by atoms with Gasteiger partial charge in [0.1, 0.15) is 0 Å². The highest BCUT2D eigenvalue weighted by Crippen LogP contribution is 2.10. The van der Waals surface area contributed by atoms with Gasteiger partial charge in [-0.05, 0) is 34.7 Å². The Bertz CT molecular complexity index is 224. The molecule has 0 nitrogen and oxygen atoms in total. The van der Waals surface area contributed by atoms with Crippen LogP contribution in [0.5, 0.6) is 0 Å². The minimum atomic E-state index is 1.09. The van der Waals surface area contributed by atoms with Crippen LogP contribution in [0.2, 0.25) is 0 Å². The molecule has 0 aliphatic heterocycles. The highest BCUT2D eigenvalue weighted by molar-refractivity contribution is 14.1. The van der Waals surface area contributed by atoms with Crippen LogP contribution in [0, 0.1) is 3.57 Å². The summed E-state index contributed by atoms with van der Waals surface area (Å²) >= 11 is 5.66. The first-order chi connectivity index (χ1) is 4.20. The van der Waals surface area contributed by atoms with Gasteiger partial charge in [-0.15, -0.1) is 0 Å². The molecule has 0 N–H and O–H groups in total. The van der Waals surface area contributed by atoms with Crippen molar-refractivity contribution < 1.29 is 0 Å². The van der Waals surface area contributed by atoms with Gasteiger partial charge < -0.3 is 0 Å². The lowest BCUT2D eigenvalue weighted by Crippen LogP contribution is -2.02. The smallest absolute Gasteiger partial charge is 0.0617 e. The van der Waals surface area contributed by atoms with E-state index in [2.05, 4.69) is 54.8 Å². The zero-order chi connectivity index (χ0) is 6.85. The highest BCUT2D eigenvalue weighted by Gasteiger charge is 1.92. The Morgan fingerprint density at radius 2 is 2.11 bits per heavy atom. The van der Waals surface area contributed by atoms with Crippen LogP contribution in [-0.4, -0.2) is 10.2 Å². The zero-order valence-electron chi connectivity index (χ0n) is 4.49. The summed E-state index contributed by atoms with van der Waals surface area (Å²) in [6, 6.07) is 6.12. The van der Waals surface area contributed by atoms with Gasteiger partial charge in [0.15, 0.2) is 0 Å². The second kappa shape index (κ2) is 3.16. The molecule has 0 saturated heterocycles. The number of rotatable bonds is 0. The molecule has 0 saturated carbocycles. The molecule has 0 fully saturated rings. The van der Waals surface area contributed by atoms with E-state index in [1.807, 2.05) is 12.1 Å². The van der Waals surface area contributed by atoms with Crippen molar-refractivity contribution >= 4 is 54.0 Å². The minimum Gasteiger partial charge on any atom is -0.0617 e. The van der Waals surface area contributed by atoms with Gasteiger partial charge in [-0.3, -0.25) is 0 Å². The average molecular weight is 310 g/mol. The molecule has 0 aliphatic carbocycles. The van der Waals surface area contributed by atoms with Gasteiger partial charge in [0.05, 0.1) is 10.2 Å². The number of benzene rings is 1. The third-order valence-corrected chi connectivity index (χ3v) is 3.06. The predicted octanol–water partition coefficient (Wildman–Crippen LogP) is 1.85. The number of hydrogen-bond donors (Lipinski definition) is 0. The van der Waals surface area contributed by atoms with E-state index in [1.165, 1.54) is 3.57 Å². The Balaban J connectivity index is 3.17. The van der Waals surface area contributed by atoms with Crippen molar-refractivity contribution in [3.05, 3.63) is 26.2 Å². The summed E-state index contributed by atoms with van der Waals surface area (Å²) in [5.74, 6) is 0. The maximum absolute atomic E-state index is 3.43. The maximum atomic E-state index is 3.43. The fourth-order valence-electron chi connectivity index (χ4n) is 0.489. The molecule has 9 heavy (non-hydrogen) atoms. The van der Waals surface area contributed by atoms with Gasteiger partial charge in [0.25, 0.3) is 0 Å². The Morgan fingerprint density at radius 3 is 2.56 bits per heavy atom. The van der Waals surface area contributed by atoms with Crippen molar-refractivity contribution in [1.29, 1.82) is 0 Å². The Morgan fingerprint density at radius 1 is 1.44 bits per heavy atom. The SMILES string of the molecule is [Si]c1ccc(I)cc1Br. The quantitative estimate of drug-likeness (QED) is 0.507. The molecular formula is C6H3BrISi. The van der Waals surface area contributed by atoms with Gasteiger partial charge in [-0.2, -0.15) is 0 Å². The summed E-state index contributed by atoms with van der Waals surface area (Å²) in [5, 5.41) is 1.09. The molecule has 3 heteroatoms. The van der Waals surface area contributed by atoms with Crippen LogP contribution in [0.25, 0.3) is 0 Å². The normalized spacial score (nSPS) is 9.67. The first-order valence-electron chi connectivity index (χ1n) is 2.37. The molecule has 0 spiro atoms. The van der Waals surface area contributed by atoms with Gasteiger partial charge in [0, 0.05) is 8.04 Å². The topological polar surface area (TPSA) is 0 Å². The Hall–Kier alpha value is 0.647. The summed E-state index contributed by atoms with van der Waals surface area (Å²) in [5.41, 5.74) is 0. The van der Waals surface area contributed by atoms with Crippen molar-refractivity contribution in [1.82, 2.24) is 0 Å². The maximum Gasteiger partial charge on any atom is 0.0727 e. The van der Waals surface area contributed by atoms with Crippen LogP contribution in [0.1, 0.15) is 0 Å². The average Bonchev–Trinajstić information content (AvgIpc) is 1.80. The fraction of sp³-hybridized carbons (Fsp3) is 0. The van der Waals surface area contributed by atoms with Crippen molar-refractivity contribution in [3.63, 3.8) is 0 Å². The lowest BCUT2D eigenvalue weighted by atomic mass is 10.4. The summed E-state index contributed by atoms with van der Waals surface area (Å²) < 4.78 is 2.34. The molecule has 0 atom stereocenters. The number of halogens is 2. The largest absolute Gasteiger partial charge is 0.0727 e. The molecule has 0 amide bonds. The van der Waals surface area contributed by atoms with E-state index in [9.17, 15) is 0 Å². The first-order valence-corrected chi connectivity index (χ1v) is 4.74. The second-order valence-corrected chi connectivity index (χ2v) is 4.26. The minimum absolute atomic E-state index is 1.09. The van der Waals surface area contributed by atoms with Crippen molar-refractivity contribution in [2.45, 2.75) is 0 Å². The third-order valence-electron chi connectivity index (χ3n) is 0.931.